The molecule has 1 amide bonds. The Morgan fingerprint density at radius 1 is 1.33 bits per heavy atom. The topological polar surface area (TPSA) is 85.9 Å². The molecule has 7 heteroatoms. The quantitative estimate of drug-likeness (QED) is 0.834. The number of fused-ring (bicyclic) bond motifs is 1. The van der Waals surface area contributed by atoms with E-state index < -0.39 is 0 Å². The average molecular weight is 383 g/mol. The minimum absolute atomic E-state index is 0.0127. The van der Waals surface area contributed by atoms with Crippen LogP contribution in [0.3, 0.4) is 0 Å². The molecule has 4 unspecified atom stereocenters. The fourth-order valence-corrected chi connectivity index (χ4v) is 6.20. The maximum atomic E-state index is 13.0. The van der Waals surface area contributed by atoms with E-state index in [2.05, 4.69) is 22.5 Å². The Balaban J connectivity index is 1.32. The van der Waals surface area contributed by atoms with Crippen molar-refractivity contribution in [3.05, 3.63) is 48.1 Å². The monoisotopic (exact) mass is 383 g/mol. The van der Waals surface area contributed by atoms with Crippen LogP contribution in [0.1, 0.15) is 12.0 Å². The summed E-state index contributed by atoms with van der Waals surface area (Å²) in [6, 6.07) is 5.73. The summed E-state index contributed by atoms with van der Waals surface area (Å²) in [5.74, 6) is 1.42. The van der Waals surface area contributed by atoms with Crippen LogP contribution in [-0.2, 0) is 11.3 Å². The third kappa shape index (κ3) is 2.68. The van der Waals surface area contributed by atoms with Gasteiger partial charge in [0.05, 0.1) is 21.8 Å². The lowest BCUT2D eigenvalue weighted by molar-refractivity contribution is -0.126. The van der Waals surface area contributed by atoms with Crippen LogP contribution in [0.25, 0.3) is 0 Å². The minimum Gasteiger partial charge on any atom is -0.454 e. The molecule has 1 saturated heterocycles. The van der Waals surface area contributed by atoms with E-state index in [9.17, 15) is 4.79 Å². The molecule has 5 rings (SSSR count). The van der Waals surface area contributed by atoms with Gasteiger partial charge in [-0.25, -0.2) is 0 Å². The third-order valence-corrected chi connectivity index (χ3v) is 7.31. The zero-order valence-electron chi connectivity index (χ0n) is 14.8. The highest BCUT2D eigenvalue weighted by Gasteiger charge is 2.57. The van der Waals surface area contributed by atoms with Crippen molar-refractivity contribution in [1.82, 2.24) is 5.32 Å². The predicted octanol–water partition coefficient (Wildman–Crippen LogP) is 2.00. The van der Waals surface area contributed by atoms with Gasteiger partial charge in [0.15, 0.2) is 11.5 Å². The highest BCUT2D eigenvalue weighted by molar-refractivity contribution is 8.02. The van der Waals surface area contributed by atoms with E-state index in [4.69, 9.17) is 15.2 Å². The molecule has 0 saturated carbocycles. The second-order valence-corrected chi connectivity index (χ2v) is 8.64. The molecule has 140 valence electrons. The summed E-state index contributed by atoms with van der Waals surface area (Å²) < 4.78 is 10.5. The summed E-state index contributed by atoms with van der Waals surface area (Å²) in [6.45, 7) is 1.44. The number of benzene rings is 1. The molecule has 1 fully saturated rings. The SMILES string of the molecule is NC1SC23C=CC=CC2=NCCC3C1C(=O)NCc1ccc2c(c1)OCO2. The number of carbonyl (C=O) groups is 1. The first kappa shape index (κ1) is 16.9. The number of aliphatic imine (C=N–C) groups is 1. The molecule has 3 N–H and O–H groups in total. The number of amides is 1. The molecule has 0 bridgehead atoms. The molecule has 27 heavy (non-hydrogen) atoms. The lowest BCUT2D eigenvalue weighted by atomic mass is 9.73. The van der Waals surface area contributed by atoms with Gasteiger partial charge in [-0.15, -0.1) is 11.8 Å². The van der Waals surface area contributed by atoms with E-state index in [1.807, 2.05) is 30.4 Å². The molecule has 1 aromatic carbocycles. The number of rotatable bonds is 3. The summed E-state index contributed by atoms with van der Waals surface area (Å²) in [5.41, 5.74) is 8.47. The summed E-state index contributed by atoms with van der Waals surface area (Å²) in [5, 5.41) is 2.83. The van der Waals surface area contributed by atoms with Crippen LogP contribution in [-0.4, -0.2) is 35.1 Å². The van der Waals surface area contributed by atoms with Crippen LogP contribution in [0.2, 0.25) is 0 Å². The largest absolute Gasteiger partial charge is 0.454 e. The first-order chi connectivity index (χ1) is 13.2. The van der Waals surface area contributed by atoms with Crippen LogP contribution >= 0.6 is 11.8 Å². The summed E-state index contributed by atoms with van der Waals surface area (Å²) in [6.07, 6.45) is 9.16. The number of ether oxygens (including phenoxy) is 2. The van der Waals surface area contributed by atoms with Gasteiger partial charge in [-0.05, 0) is 36.1 Å². The number of nitrogens with two attached hydrogens (primary N) is 1. The van der Waals surface area contributed by atoms with E-state index in [0.717, 1.165) is 35.7 Å². The van der Waals surface area contributed by atoms with Crippen molar-refractivity contribution in [2.45, 2.75) is 23.1 Å². The van der Waals surface area contributed by atoms with E-state index in [1.165, 1.54) is 0 Å². The summed E-state index contributed by atoms with van der Waals surface area (Å²) >= 11 is 1.67. The first-order valence-corrected chi connectivity index (χ1v) is 10.1. The zero-order valence-corrected chi connectivity index (χ0v) is 15.6. The number of allylic oxidation sites excluding steroid dienone is 3. The van der Waals surface area contributed by atoms with Crippen molar-refractivity contribution < 1.29 is 14.3 Å². The number of nitrogens with one attached hydrogen (secondary N) is 1. The predicted molar refractivity (Wildman–Crippen MR) is 105 cm³/mol. The van der Waals surface area contributed by atoms with Gasteiger partial charge in [-0.1, -0.05) is 24.3 Å². The first-order valence-electron chi connectivity index (χ1n) is 9.18. The fourth-order valence-electron chi connectivity index (χ4n) is 4.44. The summed E-state index contributed by atoms with van der Waals surface area (Å²) in [7, 11) is 0. The molecular weight excluding hydrogens is 362 g/mol. The highest BCUT2D eigenvalue weighted by Crippen LogP contribution is 2.55. The van der Waals surface area contributed by atoms with Gasteiger partial charge in [0.25, 0.3) is 0 Å². The Morgan fingerprint density at radius 3 is 3.15 bits per heavy atom. The molecule has 6 nitrogen and oxygen atoms in total. The summed E-state index contributed by atoms with van der Waals surface area (Å²) in [4.78, 5) is 17.7. The second-order valence-electron chi connectivity index (χ2n) is 7.19. The van der Waals surface area contributed by atoms with Crippen molar-refractivity contribution in [1.29, 1.82) is 0 Å². The molecule has 1 spiro atoms. The Kier molecular flexibility index (Phi) is 4.02. The lowest BCUT2D eigenvalue weighted by Crippen LogP contribution is -2.47. The number of hydrogen-bond donors (Lipinski definition) is 2. The van der Waals surface area contributed by atoms with E-state index >= 15 is 0 Å². The third-order valence-electron chi connectivity index (χ3n) is 5.71. The van der Waals surface area contributed by atoms with Gasteiger partial charge in [-0.3, -0.25) is 9.79 Å². The van der Waals surface area contributed by atoms with E-state index in [0.29, 0.717) is 6.54 Å². The Bertz CT molecular complexity index is 881. The number of thioether (sulfide) groups is 1. The molecule has 3 heterocycles. The standard InChI is InChI=1S/C20H21N3O3S/c21-18-17(13-6-8-22-16-3-1-2-7-20(13,16)27-18)19(24)23-10-12-4-5-14-15(9-12)26-11-25-14/h1-5,7,9,13,17-18H,6,8,10-11,21H2,(H,23,24). The van der Waals surface area contributed by atoms with E-state index in [-0.39, 0.29) is 34.7 Å². The van der Waals surface area contributed by atoms with Crippen molar-refractivity contribution >= 4 is 23.4 Å². The Labute approximate surface area is 161 Å². The lowest BCUT2D eigenvalue weighted by Gasteiger charge is -2.37. The molecule has 0 aromatic heterocycles. The van der Waals surface area contributed by atoms with E-state index in [1.54, 1.807) is 11.8 Å². The molecule has 4 aliphatic rings. The Hall–Kier alpha value is -2.25. The normalized spacial score (nSPS) is 32.6. The van der Waals surface area contributed by atoms with Gasteiger partial charge in [0, 0.05) is 13.1 Å². The van der Waals surface area contributed by atoms with Crippen molar-refractivity contribution in [3.63, 3.8) is 0 Å². The highest BCUT2D eigenvalue weighted by atomic mass is 32.2. The molecule has 1 aromatic rings. The maximum absolute atomic E-state index is 13.0. The van der Waals surface area contributed by atoms with Gasteiger partial charge in [0.1, 0.15) is 0 Å². The number of carbonyl (C=O) groups excluding carboxylic acids is 1. The van der Waals surface area contributed by atoms with Crippen LogP contribution in [0.15, 0.2) is 47.5 Å². The molecule has 0 radical (unpaired) electrons. The van der Waals surface area contributed by atoms with Crippen LogP contribution in [0.4, 0.5) is 0 Å². The number of nitrogens with zero attached hydrogens (tertiary/aromatic N) is 1. The zero-order chi connectivity index (χ0) is 18.4. The van der Waals surface area contributed by atoms with Crippen LogP contribution in [0.5, 0.6) is 11.5 Å². The molecule has 1 aliphatic carbocycles. The maximum Gasteiger partial charge on any atom is 0.231 e. The molecular formula is C20H21N3O3S. The smallest absolute Gasteiger partial charge is 0.231 e. The minimum atomic E-state index is -0.257. The van der Waals surface area contributed by atoms with Crippen molar-refractivity contribution in [2.75, 3.05) is 13.3 Å². The van der Waals surface area contributed by atoms with Gasteiger partial charge in [-0.2, -0.15) is 0 Å². The van der Waals surface area contributed by atoms with Gasteiger partial charge >= 0.3 is 0 Å². The molecule has 4 atom stereocenters. The fraction of sp³-hybridized carbons (Fsp3) is 0.400. The second kappa shape index (κ2) is 6.42. The van der Waals surface area contributed by atoms with Crippen molar-refractivity contribution in [2.24, 2.45) is 22.6 Å². The van der Waals surface area contributed by atoms with Gasteiger partial charge in [0.2, 0.25) is 12.7 Å². The van der Waals surface area contributed by atoms with Crippen LogP contribution in [0, 0.1) is 11.8 Å². The number of hydrogen-bond acceptors (Lipinski definition) is 6. The van der Waals surface area contributed by atoms with Crippen molar-refractivity contribution in [3.8, 4) is 11.5 Å². The van der Waals surface area contributed by atoms with Crippen LogP contribution < -0.4 is 20.5 Å². The average Bonchev–Trinajstić information content (AvgIpc) is 3.25. The molecule has 3 aliphatic heterocycles. The van der Waals surface area contributed by atoms with Gasteiger partial charge < -0.3 is 20.5 Å². The Morgan fingerprint density at radius 2 is 2.22 bits per heavy atom.